The molecule has 0 spiro atoms. The highest BCUT2D eigenvalue weighted by atomic mass is 35.5. The lowest BCUT2D eigenvalue weighted by molar-refractivity contribution is -0.385. The Hall–Kier alpha value is -6.30. The summed E-state index contributed by atoms with van der Waals surface area (Å²) >= 11 is 5.83. The van der Waals surface area contributed by atoms with Crippen LogP contribution in [0.2, 0.25) is 5.02 Å². The van der Waals surface area contributed by atoms with Crippen molar-refractivity contribution >= 4 is 51.2 Å². The molecule has 0 aliphatic carbocycles. The van der Waals surface area contributed by atoms with E-state index in [1.807, 2.05) is 0 Å². The van der Waals surface area contributed by atoms with Crippen molar-refractivity contribution in [2.24, 2.45) is 0 Å². The zero-order valence-electron chi connectivity index (χ0n) is 30.8. The van der Waals surface area contributed by atoms with Crippen molar-refractivity contribution in [3.05, 3.63) is 98.3 Å². The summed E-state index contributed by atoms with van der Waals surface area (Å²) in [6, 6.07) is 9.18. The molecule has 0 saturated carbocycles. The summed E-state index contributed by atoms with van der Waals surface area (Å²) in [5, 5.41) is 13.0. The number of halogens is 7. The summed E-state index contributed by atoms with van der Waals surface area (Å²) in [7, 11) is -3.14. The van der Waals surface area contributed by atoms with Crippen LogP contribution < -0.4 is 19.5 Å². The van der Waals surface area contributed by atoms with Crippen molar-refractivity contribution in [2.45, 2.75) is 57.0 Å². The molecule has 1 atom stereocenters. The first-order chi connectivity index (χ1) is 27.4. The van der Waals surface area contributed by atoms with E-state index in [-0.39, 0.29) is 46.5 Å². The molecule has 0 saturated heterocycles. The third-order valence-corrected chi connectivity index (χ3v) is 8.80. The van der Waals surface area contributed by atoms with E-state index < -0.39 is 85.9 Å². The third-order valence-electron chi connectivity index (χ3n) is 7.08. The maximum atomic E-state index is 12.8. The van der Waals surface area contributed by atoms with Crippen molar-refractivity contribution < 1.29 is 73.0 Å². The number of nitrogens with one attached hydrogen (secondary N) is 2. The van der Waals surface area contributed by atoms with Gasteiger partial charge in [0.15, 0.2) is 6.10 Å². The van der Waals surface area contributed by atoms with Crippen molar-refractivity contribution in [1.29, 1.82) is 0 Å². The number of nitro groups is 1. The summed E-state index contributed by atoms with van der Waals surface area (Å²) < 4.78 is 122. The van der Waals surface area contributed by atoms with E-state index >= 15 is 0 Å². The Morgan fingerprint density at radius 2 is 1.66 bits per heavy atom. The topological polar surface area (TPSA) is 228 Å². The monoisotopic (exact) mass is 880 g/mol. The Morgan fingerprint density at radius 3 is 2.25 bits per heavy atom. The number of methoxy groups -OCH3 is 1. The lowest BCUT2D eigenvalue weighted by Gasteiger charge is -2.13. The van der Waals surface area contributed by atoms with Gasteiger partial charge in [-0.25, -0.2) is 27.5 Å². The number of esters is 2. The van der Waals surface area contributed by atoms with Crippen LogP contribution in [0.5, 0.6) is 17.5 Å². The van der Waals surface area contributed by atoms with Crippen LogP contribution in [0.1, 0.15) is 47.6 Å². The minimum atomic E-state index is -4.61. The average molecular weight is 881 g/mol. The number of alkyl halides is 6. The van der Waals surface area contributed by atoms with E-state index in [1.165, 1.54) is 39.2 Å². The zero-order valence-corrected chi connectivity index (χ0v) is 32.4. The second-order valence-electron chi connectivity index (χ2n) is 11.5. The fraction of sp³-hybridized carbons (Fsp3) is 0.294. The molecule has 17 nitrogen and oxygen atoms in total. The fourth-order valence-electron chi connectivity index (χ4n) is 4.48. The van der Waals surface area contributed by atoms with Crippen molar-refractivity contribution in [3.63, 3.8) is 0 Å². The van der Waals surface area contributed by atoms with Crippen molar-refractivity contribution in [2.75, 3.05) is 19.0 Å². The predicted octanol–water partition coefficient (Wildman–Crippen LogP) is 7.36. The number of carbonyl (C=O) groups is 3. The first-order valence-corrected chi connectivity index (χ1v) is 18.3. The molecule has 318 valence electrons. The number of aryl methyl sites for hydroxylation is 2. The Morgan fingerprint density at radius 1 is 0.983 bits per heavy atom. The van der Waals surface area contributed by atoms with E-state index in [4.69, 9.17) is 30.5 Å². The molecule has 1 heterocycles. The molecule has 4 rings (SSSR count). The van der Waals surface area contributed by atoms with Crippen LogP contribution in [0.3, 0.4) is 0 Å². The van der Waals surface area contributed by atoms with E-state index in [1.54, 1.807) is 11.6 Å². The number of benzene rings is 3. The van der Waals surface area contributed by atoms with Gasteiger partial charge in [0.25, 0.3) is 15.7 Å². The normalized spacial score (nSPS) is 11.9. The quantitative estimate of drug-likeness (QED) is 0.0579. The SMILES string of the molecule is CCOC(=O)C(C)OC(=O)c1cc(Oc2ccc(C(F)(F)F)cc2Cl)ccc1[N+](=O)[O-].COc1nc(C)nc(NC(=O)NS(=O)(=O)c2ccccc2CCC(F)(F)F)n1. The maximum absolute atomic E-state index is 12.8. The molecule has 0 radical (unpaired) electrons. The average Bonchev–Trinajstić information content (AvgIpc) is 3.13. The number of rotatable bonds is 13. The predicted molar refractivity (Wildman–Crippen MR) is 192 cm³/mol. The number of hydrogen-bond donors (Lipinski definition) is 2. The number of anilines is 1. The van der Waals surface area contributed by atoms with Crippen LogP contribution in [0, 0.1) is 17.0 Å². The second kappa shape index (κ2) is 19.9. The highest BCUT2D eigenvalue weighted by Crippen LogP contribution is 2.37. The molecule has 0 aliphatic rings. The fourth-order valence-corrected chi connectivity index (χ4v) is 5.87. The number of urea groups is 1. The molecular weight excluding hydrogens is 850 g/mol. The number of ether oxygens (including phenoxy) is 4. The van der Waals surface area contributed by atoms with Crippen LogP contribution in [0.4, 0.5) is 42.8 Å². The number of nitro benzene ring substituents is 1. The van der Waals surface area contributed by atoms with Crippen LogP contribution in [0.15, 0.2) is 65.6 Å². The lowest BCUT2D eigenvalue weighted by Crippen LogP contribution is -2.35. The number of aromatic nitrogens is 3. The van der Waals surface area contributed by atoms with Gasteiger partial charge in [0.1, 0.15) is 22.9 Å². The van der Waals surface area contributed by atoms with E-state index in [9.17, 15) is 59.3 Å². The van der Waals surface area contributed by atoms with Gasteiger partial charge < -0.3 is 18.9 Å². The van der Waals surface area contributed by atoms with Crippen LogP contribution in [-0.4, -0.2) is 72.3 Å². The molecule has 25 heteroatoms. The number of sulfonamides is 1. The first-order valence-electron chi connectivity index (χ1n) is 16.4. The van der Waals surface area contributed by atoms with Crippen LogP contribution in [0.25, 0.3) is 0 Å². The maximum Gasteiger partial charge on any atom is 0.416 e. The van der Waals surface area contributed by atoms with Crippen molar-refractivity contribution in [3.8, 4) is 17.5 Å². The van der Waals surface area contributed by atoms with Crippen LogP contribution >= 0.6 is 11.6 Å². The van der Waals surface area contributed by atoms with Crippen molar-refractivity contribution in [1.82, 2.24) is 19.7 Å². The van der Waals surface area contributed by atoms with Crippen LogP contribution in [-0.2, 0) is 36.9 Å². The Balaban J connectivity index is 0.000000317. The minimum Gasteiger partial charge on any atom is -0.467 e. The minimum absolute atomic E-state index is 0.0398. The smallest absolute Gasteiger partial charge is 0.416 e. The molecule has 3 aromatic carbocycles. The molecule has 4 aromatic rings. The summed E-state index contributed by atoms with van der Waals surface area (Å²) in [5.74, 6) is -2.41. The first kappa shape index (κ1) is 47.1. The molecule has 1 unspecified atom stereocenters. The van der Waals surface area contributed by atoms with E-state index in [0.29, 0.717) is 6.07 Å². The van der Waals surface area contributed by atoms with E-state index in [2.05, 4.69) is 20.3 Å². The van der Waals surface area contributed by atoms with Gasteiger partial charge in [0, 0.05) is 18.6 Å². The number of amides is 2. The van der Waals surface area contributed by atoms with Gasteiger partial charge in [0.05, 0.1) is 34.1 Å². The Bertz CT molecular complexity index is 2300. The molecule has 1 aromatic heterocycles. The van der Waals surface area contributed by atoms with Gasteiger partial charge in [-0.15, -0.1) is 0 Å². The molecular formula is C34H31ClF6N6O11S. The summed E-state index contributed by atoms with van der Waals surface area (Å²) in [6.07, 6.45) is -12.1. The number of hydrogen-bond acceptors (Lipinski definition) is 14. The largest absolute Gasteiger partial charge is 0.467 e. The standard InChI is InChI=1S/C19H15ClF3NO7.C15H16F3N5O4S/c1-3-29-17(25)10(2)30-18(26)13-9-12(5-6-15(13)24(27)28)31-16-7-4-11(8-14(16)20)19(21,22)23;1-9-19-12(22-14(20-9)27-2)21-13(24)23-28(25,26)11-6-4-3-5-10(11)7-8-15(16,17)18/h4-10H,3H2,1-2H3;3-6H,7-8H2,1-2H3,(H2,19,20,21,22,23,24). The summed E-state index contributed by atoms with van der Waals surface area (Å²) in [5.41, 5.74) is -2.24. The van der Waals surface area contributed by atoms with Gasteiger partial charge in [-0.1, -0.05) is 29.8 Å². The van der Waals surface area contributed by atoms with Gasteiger partial charge >= 0.3 is 36.3 Å². The van der Waals surface area contributed by atoms with Gasteiger partial charge in [-0.3, -0.25) is 15.4 Å². The summed E-state index contributed by atoms with van der Waals surface area (Å²) in [4.78, 5) is 57.3. The number of carbonyl (C=O) groups excluding carboxylic acids is 3. The highest BCUT2D eigenvalue weighted by molar-refractivity contribution is 7.90. The third kappa shape index (κ3) is 14.2. The summed E-state index contributed by atoms with van der Waals surface area (Å²) in [6.45, 7) is 4.31. The second-order valence-corrected chi connectivity index (χ2v) is 13.5. The van der Waals surface area contributed by atoms with Gasteiger partial charge in [0.2, 0.25) is 5.95 Å². The zero-order chi connectivity index (χ0) is 44.3. The highest BCUT2D eigenvalue weighted by Gasteiger charge is 2.32. The molecule has 0 bridgehead atoms. The molecule has 2 amide bonds. The molecule has 0 fully saturated rings. The molecule has 2 N–H and O–H groups in total. The molecule has 59 heavy (non-hydrogen) atoms. The Labute approximate surface area is 335 Å². The lowest BCUT2D eigenvalue weighted by atomic mass is 10.1. The van der Waals surface area contributed by atoms with Gasteiger partial charge in [-0.2, -0.15) is 41.3 Å². The van der Waals surface area contributed by atoms with E-state index in [0.717, 1.165) is 36.4 Å². The molecule has 0 aliphatic heterocycles. The number of nitrogens with zero attached hydrogens (tertiary/aromatic N) is 4. The Kier molecular flexibility index (Phi) is 15.9. The van der Waals surface area contributed by atoms with Gasteiger partial charge in [-0.05, 0) is 63.1 Å².